The molecular formula is C37H43N5O5. The van der Waals surface area contributed by atoms with E-state index in [0.29, 0.717) is 58.5 Å². The third-order valence-corrected chi connectivity index (χ3v) is 7.82. The first-order valence-electron chi connectivity index (χ1n) is 15.9. The third-order valence-electron chi connectivity index (χ3n) is 7.82. The van der Waals surface area contributed by atoms with E-state index in [-0.39, 0.29) is 11.3 Å². The number of ether oxygens (including phenoxy) is 4. The Hall–Kier alpha value is -4.85. The number of hydrogen-bond donors (Lipinski definition) is 2. The highest BCUT2D eigenvalue weighted by molar-refractivity contribution is 5.97. The van der Waals surface area contributed by atoms with Gasteiger partial charge in [0.15, 0.2) is 11.5 Å². The number of nitrogens with one attached hydrogen (secondary N) is 2. The van der Waals surface area contributed by atoms with Gasteiger partial charge in [0.1, 0.15) is 17.6 Å². The number of carbonyl (C=O) groups excluding carboxylic acids is 1. The van der Waals surface area contributed by atoms with Crippen molar-refractivity contribution in [2.75, 3.05) is 58.4 Å². The fraction of sp³-hybridized carbons (Fsp3) is 0.378. The van der Waals surface area contributed by atoms with Crippen LogP contribution in [0, 0.1) is 23.7 Å². The van der Waals surface area contributed by atoms with Crippen molar-refractivity contribution in [3.05, 3.63) is 77.5 Å². The van der Waals surface area contributed by atoms with Gasteiger partial charge in [-0.05, 0) is 72.9 Å². The Labute approximate surface area is 276 Å². The van der Waals surface area contributed by atoms with E-state index < -0.39 is 0 Å². The first-order chi connectivity index (χ1) is 22.6. The Kier molecular flexibility index (Phi) is 10.8. The fourth-order valence-electron chi connectivity index (χ4n) is 5.22. The number of aryl methyl sites for hydroxylation is 1. The molecule has 2 heterocycles. The predicted octanol–water partition coefficient (Wildman–Crippen LogP) is 6.84. The molecule has 246 valence electrons. The van der Waals surface area contributed by atoms with Crippen LogP contribution in [0.25, 0.3) is 10.9 Å². The number of fused-ring (bicyclic) bond motifs is 1. The molecule has 1 aliphatic heterocycles. The zero-order chi connectivity index (χ0) is 33.4. The second kappa shape index (κ2) is 15.2. The maximum Gasteiger partial charge on any atom is 0.251 e. The summed E-state index contributed by atoms with van der Waals surface area (Å²) >= 11 is 0. The molecule has 0 aliphatic carbocycles. The summed E-state index contributed by atoms with van der Waals surface area (Å²) in [5.41, 5.74) is 3.98. The highest BCUT2D eigenvalue weighted by atomic mass is 16.5. The average molecular weight is 638 g/mol. The second-order valence-corrected chi connectivity index (χ2v) is 12.8. The van der Waals surface area contributed by atoms with Crippen molar-refractivity contribution in [2.45, 2.75) is 34.1 Å². The van der Waals surface area contributed by atoms with Crippen molar-refractivity contribution in [3.8, 4) is 29.1 Å². The van der Waals surface area contributed by atoms with Gasteiger partial charge in [-0.3, -0.25) is 14.7 Å². The van der Waals surface area contributed by atoms with Gasteiger partial charge < -0.3 is 29.6 Å². The largest absolute Gasteiger partial charge is 0.493 e. The van der Waals surface area contributed by atoms with E-state index in [1.807, 2.05) is 37.3 Å². The Morgan fingerprint density at radius 3 is 2.49 bits per heavy atom. The topological polar surface area (TPSA) is 118 Å². The molecule has 2 N–H and O–H groups in total. The Bertz CT molecular complexity index is 1740. The molecule has 3 aromatic carbocycles. The number of rotatable bonds is 12. The fourth-order valence-corrected chi connectivity index (χ4v) is 5.22. The summed E-state index contributed by atoms with van der Waals surface area (Å²) in [6, 6.07) is 18.8. The number of amides is 1. The summed E-state index contributed by atoms with van der Waals surface area (Å²) in [7, 11) is 1.61. The van der Waals surface area contributed by atoms with Crippen molar-refractivity contribution in [2.24, 2.45) is 5.41 Å². The van der Waals surface area contributed by atoms with E-state index in [2.05, 4.69) is 47.4 Å². The van der Waals surface area contributed by atoms with E-state index in [1.165, 1.54) is 0 Å². The first kappa shape index (κ1) is 33.5. The summed E-state index contributed by atoms with van der Waals surface area (Å²) in [6.07, 6.45) is 2.43. The molecule has 5 rings (SSSR count). The lowest BCUT2D eigenvalue weighted by Gasteiger charge is -2.26. The van der Waals surface area contributed by atoms with E-state index >= 15 is 0 Å². The number of aromatic nitrogens is 1. The van der Waals surface area contributed by atoms with Gasteiger partial charge in [0.05, 0.1) is 43.7 Å². The van der Waals surface area contributed by atoms with Crippen LogP contribution < -0.4 is 24.8 Å². The first-order valence-corrected chi connectivity index (χ1v) is 15.9. The van der Waals surface area contributed by atoms with Crippen LogP contribution in [0.3, 0.4) is 0 Å². The molecule has 0 spiro atoms. The van der Waals surface area contributed by atoms with Crippen LogP contribution in [0.1, 0.15) is 48.7 Å². The highest BCUT2D eigenvalue weighted by Gasteiger charge is 2.17. The van der Waals surface area contributed by atoms with Crippen LogP contribution >= 0.6 is 0 Å². The molecule has 1 aromatic heterocycles. The number of hydrogen-bond acceptors (Lipinski definition) is 9. The number of nitrogens with zero attached hydrogens (tertiary/aromatic N) is 3. The summed E-state index contributed by atoms with van der Waals surface area (Å²) in [6.45, 7) is 13.7. The minimum atomic E-state index is -0.112. The predicted molar refractivity (Wildman–Crippen MR) is 183 cm³/mol. The monoisotopic (exact) mass is 637 g/mol. The maximum absolute atomic E-state index is 12.5. The van der Waals surface area contributed by atoms with Gasteiger partial charge in [0, 0.05) is 55.1 Å². The quantitative estimate of drug-likeness (QED) is 0.161. The Balaban J connectivity index is 1.30. The van der Waals surface area contributed by atoms with E-state index in [9.17, 15) is 10.1 Å². The lowest BCUT2D eigenvalue weighted by molar-refractivity contribution is 0.0357. The van der Waals surface area contributed by atoms with Crippen molar-refractivity contribution in [1.82, 2.24) is 15.2 Å². The molecule has 47 heavy (non-hydrogen) atoms. The molecule has 0 radical (unpaired) electrons. The second-order valence-electron chi connectivity index (χ2n) is 12.8. The zero-order valence-electron chi connectivity index (χ0n) is 27.8. The molecule has 0 saturated carbocycles. The summed E-state index contributed by atoms with van der Waals surface area (Å²) in [4.78, 5) is 19.4. The Morgan fingerprint density at radius 1 is 1.04 bits per heavy atom. The van der Waals surface area contributed by atoms with Crippen LogP contribution in [0.5, 0.6) is 23.0 Å². The smallest absolute Gasteiger partial charge is 0.251 e. The van der Waals surface area contributed by atoms with Gasteiger partial charge in [-0.1, -0.05) is 20.8 Å². The number of methoxy groups -OCH3 is 1. The minimum Gasteiger partial charge on any atom is -0.493 e. The van der Waals surface area contributed by atoms with Gasteiger partial charge in [0.2, 0.25) is 0 Å². The van der Waals surface area contributed by atoms with E-state index in [0.717, 1.165) is 55.9 Å². The van der Waals surface area contributed by atoms with Crippen molar-refractivity contribution in [1.29, 1.82) is 5.26 Å². The van der Waals surface area contributed by atoms with Crippen molar-refractivity contribution in [3.63, 3.8) is 0 Å². The highest BCUT2D eigenvalue weighted by Crippen LogP contribution is 2.38. The number of pyridine rings is 1. The molecule has 10 nitrogen and oxygen atoms in total. The zero-order valence-corrected chi connectivity index (χ0v) is 27.8. The van der Waals surface area contributed by atoms with Crippen LogP contribution in [-0.4, -0.2) is 68.9 Å². The molecular weight excluding hydrogens is 594 g/mol. The minimum absolute atomic E-state index is 0.00600. The molecule has 1 amide bonds. The van der Waals surface area contributed by atoms with Crippen LogP contribution in [0.15, 0.2) is 60.8 Å². The number of carbonyl (C=O) groups is 1. The number of nitriles is 1. The molecule has 1 saturated heterocycles. The van der Waals surface area contributed by atoms with Crippen molar-refractivity contribution >= 4 is 28.2 Å². The summed E-state index contributed by atoms with van der Waals surface area (Å²) < 4.78 is 23.4. The molecule has 0 bridgehead atoms. The average Bonchev–Trinajstić information content (AvgIpc) is 3.07. The van der Waals surface area contributed by atoms with Gasteiger partial charge >= 0.3 is 0 Å². The summed E-state index contributed by atoms with van der Waals surface area (Å²) in [5.74, 6) is 2.37. The van der Waals surface area contributed by atoms with Gasteiger partial charge in [-0.2, -0.15) is 5.26 Å². The van der Waals surface area contributed by atoms with E-state index in [4.69, 9.17) is 18.9 Å². The molecule has 0 unspecified atom stereocenters. The van der Waals surface area contributed by atoms with E-state index in [1.54, 1.807) is 37.6 Å². The van der Waals surface area contributed by atoms with Crippen LogP contribution in [0.2, 0.25) is 0 Å². The molecule has 4 aromatic rings. The molecule has 1 fully saturated rings. The van der Waals surface area contributed by atoms with Crippen LogP contribution in [0.4, 0.5) is 11.4 Å². The van der Waals surface area contributed by atoms with Gasteiger partial charge in [-0.25, -0.2) is 0 Å². The molecule has 10 heteroatoms. The lowest BCUT2D eigenvalue weighted by atomic mass is 9.97. The van der Waals surface area contributed by atoms with Crippen LogP contribution in [-0.2, 0) is 4.74 Å². The maximum atomic E-state index is 12.5. The Morgan fingerprint density at radius 2 is 1.81 bits per heavy atom. The van der Waals surface area contributed by atoms with Gasteiger partial charge in [-0.15, -0.1) is 0 Å². The SMILES string of the molecule is COc1cc2ncc(C#N)c(Nc3ccc(Oc4ccc(C(=O)NCC(C)(C)C)cc4)c(C)c3)c2cc1OCCCN1CCOCC1. The standard InChI is InChI=1S/C37H43N5O5/c1-25-19-28(9-12-32(25)47-29-10-7-26(8-11-29)36(43)40-24-37(2,3)4)41-35-27(22-38)23-39-31-21-33(44-5)34(20-30(31)35)46-16-6-13-42-14-17-45-18-15-42/h7-12,19-21,23H,6,13-18,24H2,1-5H3,(H,39,41)(H,40,43). The molecule has 0 atom stereocenters. The third kappa shape index (κ3) is 8.91. The number of morpholine rings is 1. The lowest BCUT2D eigenvalue weighted by Crippen LogP contribution is -2.37. The number of benzene rings is 3. The van der Waals surface area contributed by atoms with Gasteiger partial charge in [0.25, 0.3) is 5.91 Å². The normalized spacial score (nSPS) is 13.5. The summed E-state index contributed by atoms with van der Waals surface area (Å²) in [5, 5.41) is 17.1. The van der Waals surface area contributed by atoms with Crippen molar-refractivity contribution < 1.29 is 23.7 Å². The number of anilines is 2. The molecule has 1 aliphatic rings.